The maximum absolute atomic E-state index is 12.1. The van der Waals surface area contributed by atoms with Crippen molar-refractivity contribution in [3.63, 3.8) is 0 Å². The summed E-state index contributed by atoms with van der Waals surface area (Å²) in [6.07, 6.45) is -0.00266. The van der Waals surface area contributed by atoms with E-state index in [0.29, 0.717) is 12.1 Å². The molecule has 0 atom stereocenters. The van der Waals surface area contributed by atoms with Crippen LogP contribution in [0.5, 0.6) is 5.75 Å². The predicted molar refractivity (Wildman–Crippen MR) is 58.2 cm³/mol. The van der Waals surface area contributed by atoms with Gasteiger partial charge in [0.05, 0.1) is 9.82 Å². The molecule has 0 heterocycles. The molecule has 104 valence electrons. The second kappa shape index (κ2) is 5.45. The number of halogens is 3. The average Bonchev–Trinajstić information content (AvgIpc) is 2.25. The minimum absolute atomic E-state index is 0.00266. The third-order valence-electron chi connectivity index (χ3n) is 1.89. The Morgan fingerprint density at radius 3 is 2.37 bits per heavy atom. The van der Waals surface area contributed by atoms with Crippen LogP contribution in [0.3, 0.4) is 0 Å². The van der Waals surface area contributed by atoms with Crippen molar-refractivity contribution in [3.8, 4) is 5.75 Å². The van der Waals surface area contributed by atoms with Crippen molar-refractivity contribution >= 4 is 31.7 Å². The Morgan fingerprint density at radius 1 is 1.42 bits per heavy atom. The van der Waals surface area contributed by atoms with Gasteiger partial charge in [0.2, 0.25) is 5.75 Å². The molecule has 0 aliphatic rings. The van der Waals surface area contributed by atoms with Gasteiger partial charge in [-0.15, -0.1) is 0 Å². The number of rotatable bonds is 5. The Hall–Kier alpha value is -1.81. The smallest absolute Gasteiger partial charge is 0.387 e. The van der Waals surface area contributed by atoms with E-state index >= 15 is 0 Å². The molecule has 0 radical (unpaired) electrons. The third-order valence-corrected chi connectivity index (χ3v) is 3.27. The van der Waals surface area contributed by atoms with E-state index in [1.54, 1.807) is 0 Å². The molecule has 1 aromatic rings. The second-order valence-corrected chi connectivity index (χ2v) is 5.58. The van der Waals surface area contributed by atoms with Crippen LogP contribution in [-0.2, 0) is 9.05 Å². The normalized spacial score (nSPS) is 11.4. The molecule has 0 saturated heterocycles. The van der Waals surface area contributed by atoms with Gasteiger partial charge in [-0.05, 0) is 6.07 Å². The van der Waals surface area contributed by atoms with E-state index in [1.807, 2.05) is 0 Å². The van der Waals surface area contributed by atoms with Gasteiger partial charge in [0.15, 0.2) is 6.29 Å². The molecule has 7 nitrogen and oxygen atoms in total. The van der Waals surface area contributed by atoms with Crippen molar-refractivity contribution in [1.82, 2.24) is 0 Å². The number of hydrogen-bond acceptors (Lipinski definition) is 6. The molecule has 0 aliphatic carbocycles. The summed E-state index contributed by atoms with van der Waals surface area (Å²) in [6.45, 7) is -3.38. The highest BCUT2D eigenvalue weighted by Crippen LogP contribution is 2.34. The van der Waals surface area contributed by atoms with E-state index in [0.717, 1.165) is 0 Å². The van der Waals surface area contributed by atoms with Crippen molar-refractivity contribution in [2.24, 2.45) is 0 Å². The molecule has 0 bridgehead atoms. The fourth-order valence-electron chi connectivity index (χ4n) is 1.20. The Balaban J connectivity index is 3.60. The third kappa shape index (κ3) is 3.58. The fraction of sp³-hybridized carbons (Fsp3) is 0.125. The summed E-state index contributed by atoms with van der Waals surface area (Å²) in [5.74, 6) is -0.939. The van der Waals surface area contributed by atoms with Gasteiger partial charge in [0, 0.05) is 22.3 Å². The minimum Gasteiger partial charge on any atom is -0.427 e. The largest absolute Gasteiger partial charge is 0.427 e. The molecule has 0 aliphatic heterocycles. The first-order valence-electron chi connectivity index (χ1n) is 4.34. The van der Waals surface area contributed by atoms with Crippen LogP contribution in [-0.4, -0.2) is 26.2 Å². The van der Waals surface area contributed by atoms with Crippen molar-refractivity contribution in [2.75, 3.05) is 0 Å². The van der Waals surface area contributed by atoms with Gasteiger partial charge < -0.3 is 4.74 Å². The zero-order valence-corrected chi connectivity index (χ0v) is 10.3. The molecule has 1 aromatic carbocycles. The first-order chi connectivity index (χ1) is 8.66. The Morgan fingerprint density at radius 2 is 2.00 bits per heavy atom. The first kappa shape index (κ1) is 15.2. The van der Waals surface area contributed by atoms with Crippen LogP contribution in [0.4, 0.5) is 14.5 Å². The number of benzene rings is 1. The van der Waals surface area contributed by atoms with Gasteiger partial charge in [0.25, 0.3) is 9.05 Å². The molecular formula is C8H4ClF2NO6S. The lowest BCUT2D eigenvalue weighted by atomic mass is 10.2. The van der Waals surface area contributed by atoms with Gasteiger partial charge in [0.1, 0.15) is 0 Å². The highest BCUT2D eigenvalue weighted by atomic mass is 35.7. The van der Waals surface area contributed by atoms with Gasteiger partial charge in [-0.3, -0.25) is 14.9 Å². The number of nitro groups is 1. The molecule has 0 fully saturated rings. The lowest BCUT2D eigenvalue weighted by Gasteiger charge is -2.08. The van der Waals surface area contributed by atoms with Crippen LogP contribution < -0.4 is 4.74 Å². The van der Waals surface area contributed by atoms with Crippen LogP contribution in [0, 0.1) is 10.1 Å². The number of nitro benzene ring substituents is 1. The topological polar surface area (TPSA) is 104 Å². The molecular weight excluding hydrogens is 312 g/mol. The SMILES string of the molecule is O=Cc1cc(OC(F)F)c([N+](=O)[O-])cc1S(=O)(=O)Cl. The van der Waals surface area contributed by atoms with Crippen molar-refractivity contribution in [3.05, 3.63) is 27.8 Å². The minimum atomic E-state index is -4.45. The standard InChI is InChI=1S/C8H4ClF2NO6S/c9-19(16,17)7-2-5(12(14)15)6(18-8(10)11)1-4(7)3-13/h1-3,8H. The molecule has 0 saturated carbocycles. The quantitative estimate of drug-likeness (QED) is 0.356. The molecule has 19 heavy (non-hydrogen) atoms. The Bertz CT molecular complexity index is 632. The average molecular weight is 316 g/mol. The molecule has 0 spiro atoms. The zero-order valence-electron chi connectivity index (χ0n) is 8.75. The maximum Gasteiger partial charge on any atom is 0.387 e. The van der Waals surface area contributed by atoms with Gasteiger partial charge >= 0.3 is 12.3 Å². The lowest BCUT2D eigenvalue weighted by Crippen LogP contribution is -2.07. The number of hydrogen-bond donors (Lipinski definition) is 0. The number of carbonyl (C=O) groups is 1. The molecule has 0 unspecified atom stereocenters. The molecule has 11 heteroatoms. The molecule has 1 rings (SSSR count). The van der Waals surface area contributed by atoms with E-state index in [9.17, 15) is 32.1 Å². The van der Waals surface area contributed by atoms with Crippen LogP contribution >= 0.6 is 10.7 Å². The fourth-order valence-corrected chi connectivity index (χ4v) is 2.24. The van der Waals surface area contributed by atoms with Crippen LogP contribution in [0.2, 0.25) is 0 Å². The summed E-state index contributed by atoms with van der Waals surface area (Å²) in [5.41, 5.74) is -1.68. The number of alkyl halides is 2. The van der Waals surface area contributed by atoms with E-state index in [-0.39, 0.29) is 6.29 Å². The summed E-state index contributed by atoms with van der Waals surface area (Å²) >= 11 is 0. The maximum atomic E-state index is 12.1. The van der Waals surface area contributed by atoms with Crippen molar-refractivity contribution in [2.45, 2.75) is 11.5 Å². The van der Waals surface area contributed by atoms with Gasteiger partial charge in [-0.1, -0.05) is 0 Å². The van der Waals surface area contributed by atoms with Crippen LogP contribution in [0.15, 0.2) is 17.0 Å². The summed E-state index contributed by atoms with van der Waals surface area (Å²) in [6, 6.07) is 0.885. The Labute approximate surface area is 109 Å². The van der Waals surface area contributed by atoms with Crippen LogP contribution in [0.1, 0.15) is 10.4 Å². The number of nitrogens with zero attached hydrogens (tertiary/aromatic N) is 1. The first-order valence-corrected chi connectivity index (χ1v) is 6.65. The second-order valence-electron chi connectivity index (χ2n) is 3.05. The lowest BCUT2D eigenvalue weighted by molar-refractivity contribution is -0.386. The summed E-state index contributed by atoms with van der Waals surface area (Å²) in [4.78, 5) is 19.3. The van der Waals surface area contributed by atoms with Crippen molar-refractivity contribution < 1.29 is 31.7 Å². The summed E-state index contributed by atoms with van der Waals surface area (Å²) in [5, 5.41) is 10.6. The highest BCUT2D eigenvalue weighted by Gasteiger charge is 2.26. The number of aldehydes is 1. The molecule has 0 amide bonds. The van der Waals surface area contributed by atoms with E-state index in [4.69, 9.17) is 10.7 Å². The molecule has 0 aromatic heterocycles. The highest BCUT2D eigenvalue weighted by molar-refractivity contribution is 8.13. The van der Waals surface area contributed by atoms with E-state index in [2.05, 4.69) is 4.74 Å². The van der Waals surface area contributed by atoms with Gasteiger partial charge in [-0.2, -0.15) is 8.78 Å². The number of ether oxygens (including phenoxy) is 1. The summed E-state index contributed by atoms with van der Waals surface area (Å²) in [7, 11) is 0.526. The zero-order chi connectivity index (χ0) is 14.8. The number of carbonyl (C=O) groups excluding carboxylic acids is 1. The van der Waals surface area contributed by atoms with Gasteiger partial charge in [-0.25, -0.2) is 8.42 Å². The predicted octanol–water partition coefficient (Wildman–Crippen LogP) is 1.94. The van der Waals surface area contributed by atoms with E-state index < -0.39 is 42.5 Å². The monoisotopic (exact) mass is 315 g/mol. The molecule has 0 N–H and O–H groups in total. The Kier molecular flexibility index (Phi) is 4.37. The van der Waals surface area contributed by atoms with E-state index in [1.165, 1.54) is 0 Å². The summed E-state index contributed by atoms with van der Waals surface area (Å²) < 4.78 is 50.2. The van der Waals surface area contributed by atoms with Crippen molar-refractivity contribution in [1.29, 1.82) is 0 Å². The van der Waals surface area contributed by atoms with Crippen LogP contribution in [0.25, 0.3) is 0 Å².